The number of halogens is 1. The lowest BCUT2D eigenvalue weighted by atomic mass is 9.97. The van der Waals surface area contributed by atoms with Gasteiger partial charge in [-0.15, -0.1) is 0 Å². The number of piperidine rings is 1. The average Bonchev–Trinajstić information content (AvgIpc) is 2.50. The summed E-state index contributed by atoms with van der Waals surface area (Å²) in [4.78, 5) is 13.7. The molecule has 1 aromatic rings. The molecule has 4 heteroatoms. The highest BCUT2D eigenvalue weighted by Crippen LogP contribution is 2.26. The van der Waals surface area contributed by atoms with E-state index in [1.54, 1.807) is 0 Å². The monoisotopic (exact) mass is 365 g/mol. The summed E-state index contributed by atoms with van der Waals surface area (Å²) in [6.45, 7) is 6.77. The first-order valence-corrected chi connectivity index (χ1v) is 8.78. The molecule has 1 saturated heterocycles. The van der Waals surface area contributed by atoms with Crippen LogP contribution in [0, 0.1) is 0 Å². The molecule has 0 bridgehead atoms. The van der Waals surface area contributed by atoms with Crippen molar-refractivity contribution in [3.63, 3.8) is 0 Å². The highest BCUT2D eigenvalue weighted by molar-refractivity contribution is 9.10. The van der Waals surface area contributed by atoms with Crippen LogP contribution in [0.3, 0.4) is 0 Å². The van der Waals surface area contributed by atoms with E-state index in [1.165, 1.54) is 21.2 Å². The Labute approximate surface area is 141 Å². The third-order valence-corrected chi connectivity index (χ3v) is 4.77. The SMILES string of the molecule is CCOC(=O)CN1CCC(=Cc2cccc(Br)c2CC)CC1. The molecule has 1 fully saturated rings. The Bertz CT molecular complexity index is 544. The van der Waals surface area contributed by atoms with Crippen LogP contribution in [0.15, 0.2) is 28.2 Å². The lowest BCUT2D eigenvalue weighted by molar-refractivity contribution is -0.144. The van der Waals surface area contributed by atoms with Crippen molar-refractivity contribution in [3.05, 3.63) is 39.4 Å². The van der Waals surface area contributed by atoms with E-state index >= 15 is 0 Å². The van der Waals surface area contributed by atoms with Gasteiger partial charge < -0.3 is 4.74 Å². The number of ether oxygens (including phenoxy) is 1. The summed E-state index contributed by atoms with van der Waals surface area (Å²) in [6.07, 6.45) is 5.39. The lowest BCUT2D eigenvalue weighted by Gasteiger charge is -2.27. The van der Waals surface area contributed by atoms with Crippen LogP contribution in [0.5, 0.6) is 0 Å². The largest absolute Gasteiger partial charge is 0.465 e. The van der Waals surface area contributed by atoms with E-state index in [1.807, 2.05) is 6.92 Å². The fourth-order valence-corrected chi connectivity index (χ4v) is 3.50. The van der Waals surface area contributed by atoms with Crippen LogP contribution in [-0.2, 0) is 16.0 Å². The Balaban J connectivity index is 1.97. The second-order valence-electron chi connectivity index (χ2n) is 5.54. The van der Waals surface area contributed by atoms with Crippen LogP contribution in [0.25, 0.3) is 6.08 Å². The zero-order chi connectivity index (χ0) is 15.9. The van der Waals surface area contributed by atoms with E-state index in [0.29, 0.717) is 13.2 Å². The predicted molar refractivity (Wildman–Crippen MR) is 93.8 cm³/mol. The second-order valence-corrected chi connectivity index (χ2v) is 6.40. The lowest BCUT2D eigenvalue weighted by Crippen LogP contribution is -2.35. The van der Waals surface area contributed by atoms with Crippen LogP contribution in [0.4, 0.5) is 0 Å². The molecule has 0 N–H and O–H groups in total. The maximum absolute atomic E-state index is 11.5. The average molecular weight is 366 g/mol. The van der Waals surface area contributed by atoms with E-state index in [2.05, 4.69) is 52.0 Å². The number of hydrogen-bond donors (Lipinski definition) is 0. The van der Waals surface area contributed by atoms with Crippen LogP contribution in [0.2, 0.25) is 0 Å². The van der Waals surface area contributed by atoms with Crippen LogP contribution in [0.1, 0.15) is 37.8 Å². The number of rotatable bonds is 5. The summed E-state index contributed by atoms with van der Waals surface area (Å²) in [7, 11) is 0. The van der Waals surface area contributed by atoms with E-state index in [9.17, 15) is 4.79 Å². The van der Waals surface area contributed by atoms with Gasteiger partial charge in [0.25, 0.3) is 0 Å². The number of carbonyl (C=O) groups excluding carboxylic acids is 1. The van der Waals surface area contributed by atoms with Gasteiger partial charge in [0.15, 0.2) is 0 Å². The molecule has 0 unspecified atom stereocenters. The summed E-state index contributed by atoms with van der Waals surface area (Å²) < 4.78 is 6.19. The number of benzene rings is 1. The molecule has 0 saturated carbocycles. The Morgan fingerprint density at radius 1 is 1.32 bits per heavy atom. The van der Waals surface area contributed by atoms with E-state index in [0.717, 1.165) is 32.4 Å². The first-order valence-electron chi connectivity index (χ1n) is 7.98. The third-order valence-electron chi connectivity index (χ3n) is 4.02. The minimum atomic E-state index is -0.116. The van der Waals surface area contributed by atoms with Gasteiger partial charge in [0, 0.05) is 17.6 Å². The summed E-state index contributed by atoms with van der Waals surface area (Å²) >= 11 is 3.63. The van der Waals surface area contributed by atoms with Crippen molar-refractivity contribution < 1.29 is 9.53 Å². The van der Waals surface area contributed by atoms with Crippen molar-refractivity contribution in [1.29, 1.82) is 0 Å². The van der Waals surface area contributed by atoms with E-state index < -0.39 is 0 Å². The third kappa shape index (κ3) is 4.68. The van der Waals surface area contributed by atoms with Gasteiger partial charge in [-0.05, 0) is 43.4 Å². The molecule has 0 atom stereocenters. The number of nitrogens with zero attached hydrogens (tertiary/aromatic N) is 1. The van der Waals surface area contributed by atoms with Gasteiger partial charge in [-0.25, -0.2) is 0 Å². The number of hydrogen-bond acceptors (Lipinski definition) is 3. The van der Waals surface area contributed by atoms with Crippen molar-refractivity contribution in [2.24, 2.45) is 0 Å². The van der Waals surface area contributed by atoms with E-state index in [-0.39, 0.29) is 5.97 Å². The topological polar surface area (TPSA) is 29.5 Å². The van der Waals surface area contributed by atoms with E-state index in [4.69, 9.17) is 4.74 Å². The molecular weight excluding hydrogens is 342 g/mol. The first-order chi connectivity index (χ1) is 10.6. The van der Waals surface area contributed by atoms with Gasteiger partial charge in [0.1, 0.15) is 0 Å². The number of esters is 1. The molecule has 1 heterocycles. The van der Waals surface area contributed by atoms with Crippen molar-refractivity contribution in [2.45, 2.75) is 33.1 Å². The minimum absolute atomic E-state index is 0.116. The number of likely N-dealkylation sites (tertiary alicyclic amines) is 1. The predicted octanol–water partition coefficient (Wildman–Crippen LogP) is 4.05. The van der Waals surface area contributed by atoms with Crippen molar-refractivity contribution in [2.75, 3.05) is 26.2 Å². The zero-order valence-corrected chi connectivity index (χ0v) is 15.0. The Hall–Kier alpha value is -1.13. The molecule has 1 aliphatic rings. The Morgan fingerprint density at radius 3 is 2.68 bits per heavy atom. The van der Waals surface area contributed by atoms with Crippen molar-refractivity contribution in [3.8, 4) is 0 Å². The molecule has 0 aliphatic carbocycles. The normalized spacial score (nSPS) is 15.7. The highest BCUT2D eigenvalue weighted by atomic mass is 79.9. The molecular formula is C18H24BrNO2. The second kappa shape index (κ2) is 8.49. The highest BCUT2D eigenvalue weighted by Gasteiger charge is 2.17. The number of carbonyl (C=O) groups is 1. The van der Waals surface area contributed by atoms with Gasteiger partial charge in [0.05, 0.1) is 13.2 Å². The van der Waals surface area contributed by atoms with Gasteiger partial charge in [-0.3, -0.25) is 9.69 Å². The first kappa shape index (κ1) is 17.2. The molecule has 22 heavy (non-hydrogen) atoms. The molecule has 0 spiro atoms. The summed E-state index contributed by atoms with van der Waals surface area (Å²) in [5.74, 6) is -0.116. The van der Waals surface area contributed by atoms with Gasteiger partial charge in [-0.2, -0.15) is 0 Å². The summed E-state index contributed by atoms with van der Waals surface area (Å²) in [5, 5.41) is 0. The standard InChI is InChI=1S/C18H24BrNO2/c1-3-16-15(6-5-7-17(16)19)12-14-8-10-20(11-9-14)13-18(21)22-4-2/h5-7,12H,3-4,8-11,13H2,1-2H3. The molecule has 120 valence electrons. The molecule has 1 aromatic carbocycles. The maximum Gasteiger partial charge on any atom is 0.320 e. The Kier molecular flexibility index (Phi) is 6.65. The molecule has 1 aliphatic heterocycles. The van der Waals surface area contributed by atoms with Gasteiger partial charge in [-0.1, -0.05) is 46.6 Å². The van der Waals surface area contributed by atoms with Crippen LogP contribution >= 0.6 is 15.9 Å². The van der Waals surface area contributed by atoms with Gasteiger partial charge >= 0.3 is 5.97 Å². The maximum atomic E-state index is 11.5. The molecule has 2 rings (SSSR count). The fourth-order valence-electron chi connectivity index (χ4n) is 2.84. The quantitative estimate of drug-likeness (QED) is 0.737. The van der Waals surface area contributed by atoms with Crippen molar-refractivity contribution >= 4 is 28.0 Å². The minimum Gasteiger partial charge on any atom is -0.465 e. The molecule has 0 radical (unpaired) electrons. The van der Waals surface area contributed by atoms with Crippen molar-refractivity contribution in [1.82, 2.24) is 4.90 Å². The summed E-state index contributed by atoms with van der Waals surface area (Å²) in [6, 6.07) is 6.37. The fraction of sp³-hybridized carbons (Fsp3) is 0.500. The molecule has 0 amide bonds. The molecule has 0 aromatic heterocycles. The van der Waals surface area contributed by atoms with Crippen LogP contribution < -0.4 is 0 Å². The smallest absolute Gasteiger partial charge is 0.320 e. The zero-order valence-electron chi connectivity index (χ0n) is 13.4. The van der Waals surface area contributed by atoms with Gasteiger partial charge in [0.2, 0.25) is 0 Å². The summed E-state index contributed by atoms with van der Waals surface area (Å²) in [5.41, 5.74) is 4.14. The molecule has 3 nitrogen and oxygen atoms in total. The van der Waals surface area contributed by atoms with Crippen LogP contribution in [-0.4, -0.2) is 37.1 Å². The Morgan fingerprint density at radius 2 is 2.05 bits per heavy atom.